The third kappa shape index (κ3) is 5.14. The maximum Gasteiger partial charge on any atom is 0.187 e. The summed E-state index contributed by atoms with van der Waals surface area (Å²) in [6.45, 7) is -0.0963. The summed E-state index contributed by atoms with van der Waals surface area (Å²) in [4.78, 5) is 23.4. The topological polar surface area (TPSA) is 77.4 Å². The molecule has 0 aliphatic rings. The number of fused-ring (bicyclic) bond motifs is 2. The molecule has 2 N–H and O–H groups in total. The second-order valence-electron chi connectivity index (χ2n) is 9.26. The van der Waals surface area contributed by atoms with E-state index >= 15 is 0 Å². The van der Waals surface area contributed by atoms with Gasteiger partial charge in [-0.1, -0.05) is 84.9 Å². The Morgan fingerprint density at radius 2 is 0.800 bits per heavy atom. The van der Waals surface area contributed by atoms with Crippen molar-refractivity contribution in [3.63, 3.8) is 0 Å². The molecular formula is C34H26O6. The van der Waals surface area contributed by atoms with Crippen LogP contribution in [-0.4, -0.2) is 10.2 Å². The highest BCUT2D eigenvalue weighted by molar-refractivity contribution is 6.09. The number of aliphatic hydroxyl groups is 2. The highest BCUT2D eigenvalue weighted by Crippen LogP contribution is 2.45. The van der Waals surface area contributed by atoms with Gasteiger partial charge in [0.15, 0.2) is 23.0 Å². The predicted molar refractivity (Wildman–Crippen MR) is 154 cm³/mol. The zero-order valence-corrected chi connectivity index (χ0v) is 21.5. The van der Waals surface area contributed by atoms with Gasteiger partial charge in [-0.15, -0.1) is 0 Å². The first kappa shape index (κ1) is 25.2. The minimum Gasteiger partial charge on any atom is -0.392 e. The fourth-order valence-electron chi connectivity index (χ4n) is 4.64. The van der Waals surface area contributed by atoms with E-state index in [4.69, 9.17) is 19.6 Å². The molecule has 6 aromatic carbocycles. The Morgan fingerprint density at radius 1 is 0.400 bits per heavy atom. The quantitative estimate of drug-likeness (QED) is 0.150. The maximum absolute atomic E-state index is 9.35. The van der Waals surface area contributed by atoms with Gasteiger partial charge in [-0.05, 0) is 69.1 Å². The Bertz CT molecular complexity index is 1630. The molecule has 0 saturated carbocycles. The lowest BCUT2D eigenvalue weighted by atomic mass is 9.92. The first-order valence-corrected chi connectivity index (χ1v) is 12.9. The summed E-state index contributed by atoms with van der Waals surface area (Å²) in [7, 11) is 0. The molecule has 0 saturated heterocycles. The molecule has 0 spiro atoms. The Morgan fingerprint density at radius 3 is 1.20 bits per heavy atom. The van der Waals surface area contributed by atoms with Crippen molar-refractivity contribution in [2.75, 3.05) is 0 Å². The van der Waals surface area contributed by atoms with Crippen molar-refractivity contribution in [1.82, 2.24) is 0 Å². The van der Waals surface area contributed by atoms with Crippen LogP contribution in [0.4, 0.5) is 0 Å². The van der Waals surface area contributed by atoms with Gasteiger partial charge in [0.2, 0.25) is 0 Å². The zero-order valence-electron chi connectivity index (χ0n) is 21.5. The molecule has 0 bridgehead atoms. The summed E-state index contributed by atoms with van der Waals surface area (Å²) >= 11 is 0. The van der Waals surface area contributed by atoms with E-state index in [2.05, 4.69) is 0 Å². The van der Waals surface area contributed by atoms with Crippen molar-refractivity contribution in [3.05, 3.63) is 132 Å². The van der Waals surface area contributed by atoms with Crippen LogP contribution >= 0.6 is 0 Å². The van der Waals surface area contributed by atoms with Gasteiger partial charge in [-0.2, -0.15) is 0 Å². The molecule has 0 amide bonds. The summed E-state index contributed by atoms with van der Waals surface area (Å²) in [6.07, 6.45) is 0. The lowest BCUT2D eigenvalue weighted by Crippen LogP contribution is -2.05. The van der Waals surface area contributed by atoms with Crippen molar-refractivity contribution in [2.24, 2.45) is 0 Å². The number of hydrogen-bond donors (Lipinski definition) is 2. The summed E-state index contributed by atoms with van der Waals surface area (Å²) in [6, 6.07) is 37.9. The molecule has 0 heterocycles. The number of hydrogen-bond acceptors (Lipinski definition) is 6. The van der Waals surface area contributed by atoms with Crippen LogP contribution in [0.3, 0.4) is 0 Å². The molecule has 40 heavy (non-hydrogen) atoms. The van der Waals surface area contributed by atoms with Gasteiger partial charge in [0, 0.05) is 11.1 Å². The van der Waals surface area contributed by atoms with Gasteiger partial charge in [0.05, 0.1) is 13.2 Å². The molecule has 0 unspecified atom stereocenters. The van der Waals surface area contributed by atoms with E-state index in [-0.39, 0.29) is 13.2 Å². The van der Waals surface area contributed by atoms with Crippen LogP contribution in [0.1, 0.15) is 11.1 Å². The summed E-state index contributed by atoms with van der Waals surface area (Å²) < 4.78 is 0. The van der Waals surface area contributed by atoms with Crippen LogP contribution in [0, 0.1) is 0 Å². The second kappa shape index (κ2) is 11.4. The first-order valence-electron chi connectivity index (χ1n) is 12.9. The minimum atomic E-state index is -0.0481. The van der Waals surface area contributed by atoms with Gasteiger partial charge in [0.25, 0.3) is 0 Å². The normalized spacial score (nSPS) is 10.9. The number of benzene rings is 6. The average molecular weight is 531 g/mol. The van der Waals surface area contributed by atoms with E-state index in [1.807, 2.05) is 72.8 Å². The molecule has 6 rings (SSSR count). The van der Waals surface area contributed by atoms with Gasteiger partial charge in [-0.25, -0.2) is 0 Å². The van der Waals surface area contributed by atoms with Crippen LogP contribution in [0.2, 0.25) is 0 Å². The Labute approximate surface area is 231 Å². The smallest absolute Gasteiger partial charge is 0.187 e. The van der Waals surface area contributed by atoms with E-state index < -0.39 is 0 Å². The molecule has 0 radical (unpaired) electrons. The molecular weight excluding hydrogens is 504 g/mol. The van der Waals surface area contributed by atoms with E-state index in [0.717, 1.165) is 43.8 Å². The van der Waals surface area contributed by atoms with Crippen molar-refractivity contribution >= 4 is 21.5 Å². The van der Waals surface area contributed by atoms with E-state index in [9.17, 15) is 10.2 Å². The molecule has 0 fully saturated rings. The highest BCUT2D eigenvalue weighted by atomic mass is 17.2. The van der Waals surface area contributed by atoms with Crippen LogP contribution in [0.25, 0.3) is 32.7 Å². The lowest BCUT2D eigenvalue weighted by molar-refractivity contribution is -0.101. The van der Waals surface area contributed by atoms with Gasteiger partial charge in [0.1, 0.15) is 0 Å². The van der Waals surface area contributed by atoms with Crippen molar-refractivity contribution < 1.29 is 29.8 Å². The van der Waals surface area contributed by atoms with Crippen LogP contribution in [0.15, 0.2) is 121 Å². The maximum atomic E-state index is 9.35. The third-order valence-electron chi connectivity index (χ3n) is 6.70. The minimum absolute atomic E-state index is 0.0481. The molecule has 6 nitrogen and oxygen atoms in total. The highest BCUT2D eigenvalue weighted by Gasteiger charge is 2.21. The van der Waals surface area contributed by atoms with Crippen LogP contribution in [-0.2, 0) is 13.2 Å². The van der Waals surface area contributed by atoms with Gasteiger partial charge >= 0.3 is 0 Å². The zero-order chi connectivity index (χ0) is 27.3. The van der Waals surface area contributed by atoms with Gasteiger partial charge < -0.3 is 10.2 Å². The van der Waals surface area contributed by atoms with Crippen LogP contribution in [0.5, 0.6) is 23.0 Å². The first-order chi connectivity index (χ1) is 19.7. The predicted octanol–water partition coefficient (Wildman–Crippen LogP) is 7.39. The van der Waals surface area contributed by atoms with E-state index in [1.54, 1.807) is 48.5 Å². The number of rotatable bonds is 9. The standard InChI is InChI=1S/C34H26O6/c35-21-23-9-15-27(16-10-23)37-39-31-19-13-25-5-1-3-7-29(25)33(31)34-30-8-4-2-6-26(30)14-20-32(34)40-38-28-17-11-24(22-36)12-18-28/h1-20,35-36H,21-22H2. The fourth-order valence-corrected chi connectivity index (χ4v) is 4.64. The van der Waals surface area contributed by atoms with Gasteiger partial charge in [-0.3, -0.25) is 19.6 Å². The molecule has 0 aliphatic heterocycles. The summed E-state index contributed by atoms with van der Waals surface area (Å²) in [5, 5.41) is 22.6. The van der Waals surface area contributed by atoms with Crippen LogP contribution < -0.4 is 19.6 Å². The summed E-state index contributed by atoms with van der Waals surface area (Å²) in [5.74, 6) is 2.00. The Balaban J connectivity index is 1.46. The lowest BCUT2D eigenvalue weighted by Gasteiger charge is -2.18. The molecule has 0 aliphatic carbocycles. The van der Waals surface area contributed by atoms with Crippen molar-refractivity contribution in [2.45, 2.75) is 13.2 Å². The van der Waals surface area contributed by atoms with E-state index in [1.165, 1.54) is 0 Å². The third-order valence-corrected chi connectivity index (χ3v) is 6.70. The monoisotopic (exact) mass is 530 g/mol. The fraction of sp³-hybridized carbons (Fsp3) is 0.0588. The molecule has 0 atom stereocenters. The van der Waals surface area contributed by atoms with Crippen molar-refractivity contribution in [1.29, 1.82) is 0 Å². The molecule has 0 aromatic heterocycles. The number of aliphatic hydroxyl groups excluding tert-OH is 2. The average Bonchev–Trinajstić information content (AvgIpc) is 3.03. The largest absolute Gasteiger partial charge is 0.392 e. The SMILES string of the molecule is OCc1ccc(OOc2ccc3ccccc3c2-c2c(OOc3ccc(CO)cc3)ccc3ccccc23)cc1. The second-order valence-corrected chi connectivity index (χ2v) is 9.26. The van der Waals surface area contributed by atoms with Crippen molar-refractivity contribution in [3.8, 4) is 34.1 Å². The Hall–Kier alpha value is -5.04. The summed E-state index contributed by atoms with van der Waals surface area (Å²) in [5.41, 5.74) is 3.14. The molecule has 6 heteroatoms. The molecule has 6 aromatic rings. The van der Waals surface area contributed by atoms with E-state index in [0.29, 0.717) is 23.0 Å². The Kier molecular flexibility index (Phi) is 7.18. The molecule has 198 valence electrons.